The summed E-state index contributed by atoms with van der Waals surface area (Å²) >= 11 is 0. The molecule has 30 heavy (non-hydrogen) atoms. The van der Waals surface area contributed by atoms with Gasteiger partial charge < -0.3 is 20.1 Å². The number of aliphatic hydroxyl groups is 1. The van der Waals surface area contributed by atoms with Crippen LogP contribution in [0.5, 0.6) is 17.2 Å². The zero-order chi connectivity index (χ0) is 21.7. The van der Waals surface area contributed by atoms with Gasteiger partial charge in [-0.05, 0) is 66.9 Å². The van der Waals surface area contributed by atoms with Gasteiger partial charge in [0.2, 0.25) is 0 Å². The van der Waals surface area contributed by atoms with E-state index in [0.29, 0.717) is 22.4 Å². The zero-order valence-electron chi connectivity index (χ0n) is 17.3. The third kappa shape index (κ3) is 4.88. The average molecular weight is 403 g/mol. The molecule has 0 aromatic heterocycles. The molecule has 3 N–H and O–H groups in total. The lowest BCUT2D eigenvalue weighted by molar-refractivity contribution is 0.281. The van der Waals surface area contributed by atoms with Crippen molar-refractivity contribution < 1.29 is 20.1 Å². The number of benzene rings is 3. The number of rotatable bonds is 6. The number of ether oxygens (including phenoxy) is 1. The van der Waals surface area contributed by atoms with Crippen LogP contribution in [0.3, 0.4) is 0 Å². The van der Waals surface area contributed by atoms with Gasteiger partial charge in [0.1, 0.15) is 17.2 Å². The van der Waals surface area contributed by atoms with Crippen molar-refractivity contribution >= 4 is 24.1 Å². The first-order valence-corrected chi connectivity index (χ1v) is 9.54. The van der Waals surface area contributed by atoms with E-state index in [1.165, 1.54) is 6.07 Å². The van der Waals surface area contributed by atoms with Gasteiger partial charge in [0.25, 0.3) is 0 Å². The van der Waals surface area contributed by atoms with E-state index >= 15 is 0 Å². The van der Waals surface area contributed by atoms with Gasteiger partial charge in [0.05, 0.1) is 19.4 Å². The molecule has 0 amide bonds. The number of hydrogen-bond donors (Lipinski definition) is 3. The van der Waals surface area contributed by atoms with E-state index in [4.69, 9.17) is 4.74 Å². The summed E-state index contributed by atoms with van der Waals surface area (Å²) in [5.41, 5.74) is 5.73. The maximum absolute atomic E-state index is 10.2. The van der Waals surface area contributed by atoms with Crippen LogP contribution >= 0.6 is 0 Å². The van der Waals surface area contributed by atoms with Crippen LogP contribution in [-0.4, -0.2) is 28.6 Å². The van der Waals surface area contributed by atoms with Crippen molar-refractivity contribution in [3.8, 4) is 17.2 Å². The summed E-state index contributed by atoms with van der Waals surface area (Å²) in [6.45, 7) is 3.92. The van der Waals surface area contributed by atoms with Gasteiger partial charge in [0.15, 0.2) is 0 Å². The van der Waals surface area contributed by atoms with Gasteiger partial charge in [0, 0.05) is 29.0 Å². The lowest BCUT2D eigenvalue weighted by Gasteiger charge is -2.08. The third-order valence-corrected chi connectivity index (χ3v) is 4.94. The minimum atomic E-state index is -0.130. The first-order chi connectivity index (χ1) is 14.4. The summed E-state index contributed by atoms with van der Waals surface area (Å²) < 4.78 is 5.12. The highest BCUT2D eigenvalue weighted by molar-refractivity contribution is 5.87. The van der Waals surface area contributed by atoms with Crippen molar-refractivity contribution in [2.75, 3.05) is 7.11 Å². The first kappa shape index (κ1) is 21.1. The fraction of sp³-hybridized carbons (Fsp3) is 0.160. The van der Waals surface area contributed by atoms with Crippen LogP contribution in [0.25, 0.3) is 12.2 Å². The van der Waals surface area contributed by atoms with E-state index in [9.17, 15) is 15.3 Å². The second kappa shape index (κ2) is 9.29. The van der Waals surface area contributed by atoms with Crippen LogP contribution < -0.4 is 4.74 Å². The Labute approximate surface area is 176 Å². The maximum Gasteiger partial charge on any atom is 0.126 e. The molecular weight excluding hydrogens is 378 g/mol. The Morgan fingerprint density at radius 3 is 2.17 bits per heavy atom. The van der Waals surface area contributed by atoms with E-state index in [2.05, 4.69) is 4.99 Å². The molecule has 0 unspecified atom stereocenters. The average Bonchev–Trinajstić information content (AvgIpc) is 2.74. The highest BCUT2D eigenvalue weighted by atomic mass is 16.5. The van der Waals surface area contributed by atoms with Gasteiger partial charge >= 0.3 is 0 Å². The Morgan fingerprint density at radius 2 is 1.50 bits per heavy atom. The lowest BCUT2D eigenvalue weighted by Crippen LogP contribution is -1.88. The number of aliphatic hydroxyl groups excluding tert-OH is 1. The maximum atomic E-state index is 10.2. The molecular formula is C25H25NO4. The van der Waals surface area contributed by atoms with Crippen LogP contribution in [0.4, 0.5) is 5.69 Å². The molecule has 0 atom stereocenters. The number of aliphatic imine (C=N–C) groups is 1. The van der Waals surface area contributed by atoms with Gasteiger partial charge in [-0.2, -0.15) is 0 Å². The molecule has 3 rings (SSSR count). The highest BCUT2D eigenvalue weighted by Gasteiger charge is 2.05. The molecule has 0 bridgehead atoms. The topological polar surface area (TPSA) is 82.3 Å². The van der Waals surface area contributed by atoms with Gasteiger partial charge in [-0.3, -0.25) is 4.99 Å². The second-order valence-electron chi connectivity index (χ2n) is 7.06. The molecule has 0 aliphatic rings. The highest BCUT2D eigenvalue weighted by Crippen LogP contribution is 2.29. The molecule has 154 valence electrons. The molecule has 0 aliphatic carbocycles. The minimum absolute atomic E-state index is 0.0642. The van der Waals surface area contributed by atoms with Crippen molar-refractivity contribution in [2.45, 2.75) is 20.5 Å². The largest absolute Gasteiger partial charge is 0.507 e. The number of aryl methyl sites for hydroxylation is 2. The molecule has 0 radical (unpaired) electrons. The quantitative estimate of drug-likeness (QED) is 0.393. The molecule has 3 aromatic rings. The van der Waals surface area contributed by atoms with Crippen LogP contribution in [-0.2, 0) is 6.61 Å². The summed E-state index contributed by atoms with van der Waals surface area (Å²) in [4.78, 5) is 4.58. The Kier molecular flexibility index (Phi) is 6.54. The van der Waals surface area contributed by atoms with Crippen molar-refractivity contribution in [3.05, 3.63) is 81.9 Å². The van der Waals surface area contributed by atoms with Gasteiger partial charge in [-0.25, -0.2) is 0 Å². The summed E-state index contributed by atoms with van der Waals surface area (Å²) in [7, 11) is 1.55. The Hall–Kier alpha value is -3.57. The van der Waals surface area contributed by atoms with E-state index in [1.54, 1.807) is 43.7 Å². The molecule has 0 saturated carbocycles. The van der Waals surface area contributed by atoms with Gasteiger partial charge in [-0.1, -0.05) is 18.2 Å². The monoisotopic (exact) mass is 403 g/mol. The predicted molar refractivity (Wildman–Crippen MR) is 121 cm³/mol. The summed E-state index contributed by atoms with van der Waals surface area (Å²) in [6.07, 6.45) is 5.32. The van der Waals surface area contributed by atoms with Crippen LogP contribution in [0.15, 0.2) is 53.5 Å². The van der Waals surface area contributed by atoms with Crippen molar-refractivity contribution in [1.82, 2.24) is 0 Å². The molecule has 0 aliphatic heterocycles. The molecule has 5 nitrogen and oxygen atoms in total. The first-order valence-electron chi connectivity index (χ1n) is 9.54. The van der Waals surface area contributed by atoms with Crippen molar-refractivity contribution in [3.63, 3.8) is 0 Å². The number of methoxy groups -OCH3 is 1. The van der Waals surface area contributed by atoms with E-state index in [0.717, 1.165) is 22.4 Å². The summed E-state index contributed by atoms with van der Waals surface area (Å²) in [5, 5.41) is 29.5. The number of nitrogens with zero attached hydrogens (tertiary/aromatic N) is 1. The minimum Gasteiger partial charge on any atom is -0.507 e. The second-order valence-corrected chi connectivity index (χ2v) is 7.06. The Bertz CT molecular complexity index is 1030. The van der Waals surface area contributed by atoms with E-state index in [1.807, 2.05) is 38.1 Å². The molecule has 0 spiro atoms. The normalized spacial score (nSPS) is 11.5. The number of hydrogen-bond acceptors (Lipinski definition) is 5. The zero-order valence-corrected chi connectivity index (χ0v) is 17.3. The lowest BCUT2D eigenvalue weighted by atomic mass is 10.0. The standard InChI is InChI=1S/C25H25NO4/c1-16-10-20(7-6-19-8-9-22(30-3)13-25(19)29)23(11-17(16)2)26-14-21-5-4-18(15-27)12-24(21)28/h4-14,27-29H,15H2,1-3H3/b7-6+,26-14+. The van der Waals surface area contributed by atoms with E-state index in [-0.39, 0.29) is 18.1 Å². The predicted octanol–water partition coefficient (Wildman–Crippen LogP) is 5.14. The number of aromatic hydroxyl groups is 2. The van der Waals surface area contributed by atoms with E-state index < -0.39 is 0 Å². The van der Waals surface area contributed by atoms with Crippen LogP contribution in [0.2, 0.25) is 0 Å². The fourth-order valence-electron chi connectivity index (χ4n) is 2.98. The molecule has 0 heterocycles. The fourth-order valence-corrected chi connectivity index (χ4v) is 2.98. The number of phenols is 2. The molecule has 0 saturated heterocycles. The van der Waals surface area contributed by atoms with Crippen LogP contribution in [0.1, 0.15) is 33.4 Å². The third-order valence-electron chi connectivity index (χ3n) is 4.94. The smallest absolute Gasteiger partial charge is 0.126 e. The summed E-state index contributed by atoms with van der Waals surface area (Å²) in [6, 6.07) is 14.2. The molecule has 0 fully saturated rings. The van der Waals surface area contributed by atoms with Crippen molar-refractivity contribution in [2.24, 2.45) is 4.99 Å². The number of phenolic OH excluding ortho intramolecular Hbond substituents is 2. The summed E-state index contributed by atoms with van der Waals surface area (Å²) in [5.74, 6) is 0.788. The van der Waals surface area contributed by atoms with Crippen LogP contribution in [0, 0.1) is 13.8 Å². The SMILES string of the molecule is COc1ccc(/C=C/c2cc(C)c(C)cc2/N=C/c2ccc(CO)cc2O)c(O)c1. The molecule has 5 heteroatoms. The molecule has 3 aromatic carbocycles. The van der Waals surface area contributed by atoms with Gasteiger partial charge in [-0.15, -0.1) is 0 Å². The Morgan fingerprint density at radius 1 is 0.833 bits per heavy atom. The van der Waals surface area contributed by atoms with Crippen molar-refractivity contribution in [1.29, 1.82) is 0 Å². The Balaban J connectivity index is 1.95.